The van der Waals surface area contributed by atoms with Gasteiger partial charge >= 0.3 is 5.97 Å². The molecule has 0 radical (unpaired) electrons. The van der Waals surface area contributed by atoms with Crippen molar-refractivity contribution in [3.8, 4) is 0 Å². The monoisotopic (exact) mass is 275 g/mol. The lowest BCUT2D eigenvalue weighted by molar-refractivity contribution is -0.00719. The summed E-state index contributed by atoms with van der Waals surface area (Å²) < 4.78 is 5.72. The Morgan fingerprint density at radius 1 is 1.35 bits per heavy atom. The van der Waals surface area contributed by atoms with Crippen LogP contribution in [0.1, 0.15) is 56.0 Å². The minimum absolute atomic E-state index is 0.0158. The fourth-order valence-corrected chi connectivity index (χ4v) is 3.42. The van der Waals surface area contributed by atoms with Gasteiger partial charge in [0.2, 0.25) is 0 Å². The molecule has 0 bridgehead atoms. The molecule has 3 heteroatoms. The predicted molar refractivity (Wildman–Crippen MR) is 81.6 cm³/mol. The van der Waals surface area contributed by atoms with E-state index >= 15 is 0 Å². The zero-order valence-electron chi connectivity index (χ0n) is 12.9. The number of ether oxygens (including phenoxy) is 1. The van der Waals surface area contributed by atoms with E-state index in [9.17, 15) is 4.79 Å². The van der Waals surface area contributed by atoms with Crippen LogP contribution in [0, 0.1) is 18.3 Å². The third kappa shape index (κ3) is 3.53. The lowest BCUT2D eigenvalue weighted by atomic mass is 9.71. The van der Waals surface area contributed by atoms with Crippen LogP contribution in [0.4, 0.5) is 5.69 Å². The van der Waals surface area contributed by atoms with Gasteiger partial charge in [0, 0.05) is 5.69 Å². The van der Waals surface area contributed by atoms with Gasteiger partial charge in [0.1, 0.15) is 6.10 Å². The van der Waals surface area contributed by atoms with E-state index in [-0.39, 0.29) is 17.5 Å². The van der Waals surface area contributed by atoms with Gasteiger partial charge in [-0.2, -0.15) is 0 Å². The highest BCUT2D eigenvalue weighted by atomic mass is 16.5. The van der Waals surface area contributed by atoms with E-state index in [0.29, 0.717) is 17.2 Å². The minimum Gasteiger partial charge on any atom is -0.459 e. The van der Waals surface area contributed by atoms with E-state index in [4.69, 9.17) is 10.5 Å². The largest absolute Gasteiger partial charge is 0.459 e. The smallest absolute Gasteiger partial charge is 0.338 e. The molecule has 2 atom stereocenters. The fourth-order valence-electron chi connectivity index (χ4n) is 3.42. The molecule has 2 unspecified atom stereocenters. The third-order valence-electron chi connectivity index (χ3n) is 4.10. The Balaban J connectivity index is 2.09. The van der Waals surface area contributed by atoms with Gasteiger partial charge in [-0.1, -0.05) is 26.8 Å². The van der Waals surface area contributed by atoms with Crippen molar-refractivity contribution in [1.82, 2.24) is 0 Å². The summed E-state index contributed by atoms with van der Waals surface area (Å²) in [6.45, 7) is 8.63. The molecule has 1 aromatic carbocycles. The molecule has 0 aliphatic heterocycles. The average molecular weight is 275 g/mol. The number of carbonyl (C=O) groups excluding carboxylic acids is 1. The van der Waals surface area contributed by atoms with Crippen molar-refractivity contribution in [2.24, 2.45) is 11.3 Å². The van der Waals surface area contributed by atoms with Crippen molar-refractivity contribution in [2.75, 3.05) is 5.73 Å². The Bertz CT molecular complexity index is 508. The molecule has 2 N–H and O–H groups in total. The number of nitrogen functional groups attached to an aromatic ring is 1. The van der Waals surface area contributed by atoms with Crippen LogP contribution < -0.4 is 5.73 Å². The maximum Gasteiger partial charge on any atom is 0.338 e. The molecule has 2 rings (SSSR count). The molecule has 20 heavy (non-hydrogen) atoms. The molecule has 0 heterocycles. The van der Waals surface area contributed by atoms with Gasteiger partial charge < -0.3 is 10.5 Å². The number of anilines is 1. The van der Waals surface area contributed by atoms with Crippen molar-refractivity contribution in [3.05, 3.63) is 29.3 Å². The fraction of sp³-hybridized carbons (Fsp3) is 0.588. The molecule has 1 aromatic rings. The first-order chi connectivity index (χ1) is 9.27. The minimum atomic E-state index is -0.246. The quantitative estimate of drug-likeness (QED) is 0.657. The number of aryl methyl sites for hydroxylation is 1. The standard InChI is InChI=1S/C17H25NO2/c1-11-7-14(10-17(3,4)9-11)20-16(19)15-8-13(18)6-5-12(15)2/h5-6,8,11,14H,7,9-10,18H2,1-4H3. The highest BCUT2D eigenvalue weighted by Crippen LogP contribution is 2.39. The van der Waals surface area contributed by atoms with E-state index in [2.05, 4.69) is 20.8 Å². The van der Waals surface area contributed by atoms with Gasteiger partial charge in [-0.15, -0.1) is 0 Å². The zero-order chi connectivity index (χ0) is 14.9. The molecule has 1 aliphatic rings. The molecule has 110 valence electrons. The van der Waals surface area contributed by atoms with Gasteiger partial charge in [0.15, 0.2) is 0 Å². The second-order valence-electron chi connectivity index (χ2n) is 7.02. The molecule has 0 spiro atoms. The van der Waals surface area contributed by atoms with Crippen LogP contribution in [0.2, 0.25) is 0 Å². The molecule has 0 saturated heterocycles. The van der Waals surface area contributed by atoms with Gasteiger partial charge in [-0.25, -0.2) is 4.79 Å². The second-order valence-corrected chi connectivity index (χ2v) is 7.02. The van der Waals surface area contributed by atoms with Crippen molar-refractivity contribution in [2.45, 2.75) is 53.1 Å². The first-order valence-corrected chi connectivity index (χ1v) is 7.34. The number of nitrogens with two attached hydrogens (primary N) is 1. The van der Waals surface area contributed by atoms with E-state index in [0.717, 1.165) is 18.4 Å². The van der Waals surface area contributed by atoms with E-state index in [1.807, 2.05) is 13.0 Å². The highest BCUT2D eigenvalue weighted by Gasteiger charge is 2.34. The molecule has 3 nitrogen and oxygen atoms in total. The highest BCUT2D eigenvalue weighted by molar-refractivity contribution is 5.92. The summed E-state index contributed by atoms with van der Waals surface area (Å²) in [4.78, 5) is 12.3. The van der Waals surface area contributed by atoms with Crippen molar-refractivity contribution in [3.63, 3.8) is 0 Å². The topological polar surface area (TPSA) is 52.3 Å². The summed E-state index contributed by atoms with van der Waals surface area (Å²) in [5, 5.41) is 0. The van der Waals surface area contributed by atoms with Gasteiger partial charge in [-0.3, -0.25) is 0 Å². The number of hydrogen-bond acceptors (Lipinski definition) is 3. The van der Waals surface area contributed by atoms with Crippen molar-refractivity contribution in [1.29, 1.82) is 0 Å². The molecule has 1 aliphatic carbocycles. The number of carbonyl (C=O) groups is 1. The number of esters is 1. The van der Waals surface area contributed by atoms with Crippen LogP contribution in [0.25, 0.3) is 0 Å². The van der Waals surface area contributed by atoms with Crippen LogP contribution in [0.5, 0.6) is 0 Å². The maximum absolute atomic E-state index is 12.3. The first kappa shape index (κ1) is 14.9. The molecular formula is C17H25NO2. The lowest BCUT2D eigenvalue weighted by Gasteiger charge is -2.38. The Morgan fingerprint density at radius 3 is 2.70 bits per heavy atom. The molecular weight excluding hydrogens is 250 g/mol. The molecule has 0 aromatic heterocycles. The Morgan fingerprint density at radius 2 is 2.05 bits per heavy atom. The lowest BCUT2D eigenvalue weighted by Crippen LogP contribution is -2.34. The van der Waals surface area contributed by atoms with E-state index in [1.165, 1.54) is 6.42 Å². The first-order valence-electron chi connectivity index (χ1n) is 7.34. The van der Waals surface area contributed by atoms with Crippen LogP contribution in [0.3, 0.4) is 0 Å². The van der Waals surface area contributed by atoms with E-state index < -0.39 is 0 Å². The Kier molecular flexibility index (Phi) is 4.07. The van der Waals surface area contributed by atoms with Crippen LogP contribution in [-0.2, 0) is 4.74 Å². The van der Waals surface area contributed by atoms with Crippen molar-refractivity contribution >= 4 is 11.7 Å². The van der Waals surface area contributed by atoms with Gasteiger partial charge in [0.25, 0.3) is 0 Å². The molecule has 1 saturated carbocycles. The molecule has 0 amide bonds. The number of benzene rings is 1. The summed E-state index contributed by atoms with van der Waals surface area (Å²) in [6, 6.07) is 5.37. The average Bonchev–Trinajstić information content (AvgIpc) is 2.29. The maximum atomic E-state index is 12.3. The normalized spacial score (nSPS) is 25.2. The Hall–Kier alpha value is -1.51. The summed E-state index contributed by atoms with van der Waals surface area (Å²) in [5.74, 6) is 0.350. The zero-order valence-corrected chi connectivity index (χ0v) is 12.9. The van der Waals surface area contributed by atoms with Gasteiger partial charge in [0.05, 0.1) is 5.56 Å². The molecule has 1 fully saturated rings. The number of rotatable bonds is 2. The summed E-state index contributed by atoms with van der Waals surface area (Å²) >= 11 is 0. The SMILES string of the molecule is Cc1ccc(N)cc1C(=O)OC1CC(C)CC(C)(C)C1. The third-order valence-corrected chi connectivity index (χ3v) is 4.10. The van der Waals surface area contributed by atoms with Crippen LogP contribution in [-0.4, -0.2) is 12.1 Å². The van der Waals surface area contributed by atoms with Gasteiger partial charge in [-0.05, 0) is 55.2 Å². The number of hydrogen-bond donors (Lipinski definition) is 1. The second kappa shape index (κ2) is 5.47. The summed E-state index contributed by atoms with van der Waals surface area (Å²) in [5.41, 5.74) is 8.09. The van der Waals surface area contributed by atoms with E-state index in [1.54, 1.807) is 12.1 Å². The van der Waals surface area contributed by atoms with Crippen LogP contribution in [0.15, 0.2) is 18.2 Å². The summed E-state index contributed by atoms with van der Waals surface area (Å²) in [6.07, 6.45) is 3.10. The van der Waals surface area contributed by atoms with Crippen molar-refractivity contribution < 1.29 is 9.53 Å². The predicted octanol–water partition coefficient (Wildman–Crippen LogP) is 3.95. The Labute approximate surface area is 121 Å². The van der Waals surface area contributed by atoms with Crippen LogP contribution >= 0.6 is 0 Å². The summed E-state index contributed by atoms with van der Waals surface area (Å²) in [7, 11) is 0.